The van der Waals surface area contributed by atoms with Crippen molar-refractivity contribution in [1.82, 2.24) is 0 Å². The number of carbonyl (C=O) groups excluding carboxylic acids is 1. The van der Waals surface area contributed by atoms with Gasteiger partial charge in [-0.25, -0.2) is 0 Å². The van der Waals surface area contributed by atoms with Gasteiger partial charge in [0.05, 0.1) is 19.8 Å². The van der Waals surface area contributed by atoms with Crippen molar-refractivity contribution >= 4 is 5.97 Å². The number of carbonyl (C=O) groups is 1. The molecule has 0 aliphatic carbocycles. The summed E-state index contributed by atoms with van der Waals surface area (Å²) in [5, 5.41) is 41.7. The van der Waals surface area contributed by atoms with E-state index in [0.717, 1.165) is 12.8 Å². The van der Waals surface area contributed by atoms with Gasteiger partial charge in [-0.2, -0.15) is 0 Å². The summed E-state index contributed by atoms with van der Waals surface area (Å²) in [6.45, 7) is 1.06. The lowest BCUT2D eigenvalue weighted by atomic mass is 10.0. The molecule has 0 saturated heterocycles. The van der Waals surface area contributed by atoms with Gasteiger partial charge in [0.2, 0.25) is 0 Å². The maximum Gasteiger partial charge on any atom is 0.305 e. The van der Waals surface area contributed by atoms with Crippen LogP contribution in [0.1, 0.15) is 110 Å². The number of hydrogen-bond donors (Lipinski definition) is 5. The van der Waals surface area contributed by atoms with Crippen molar-refractivity contribution in [3.8, 4) is 0 Å². The number of ether oxygens (including phenoxy) is 1. The van der Waals surface area contributed by atoms with Crippen LogP contribution in [-0.2, 0) is 9.53 Å². The standard InChI is InChI=1S/C21H42O4.C3H8O3/c1-2-3-4-5-6-7-8-9-10-11-12-13-14-15-16-17-21(24)25-19-20(23)18-22;4-1-3(6)2-5/h20,22-23H,2-19H2,1H3;3-6H,1-2H2. The van der Waals surface area contributed by atoms with Crippen molar-refractivity contribution in [2.24, 2.45) is 0 Å². The predicted octanol–water partition coefficient (Wildman–Crippen LogP) is 3.48. The first kappa shape index (κ1) is 32.4. The third-order valence-electron chi connectivity index (χ3n) is 5.05. The van der Waals surface area contributed by atoms with E-state index in [0.29, 0.717) is 6.42 Å². The molecule has 0 aliphatic heterocycles. The minimum absolute atomic E-state index is 0.103. The molecule has 0 rings (SSSR count). The Labute approximate surface area is 189 Å². The molecule has 0 saturated carbocycles. The average Bonchev–Trinajstić information content (AvgIpc) is 2.79. The van der Waals surface area contributed by atoms with Gasteiger partial charge in [0.1, 0.15) is 18.8 Å². The van der Waals surface area contributed by atoms with E-state index in [1.54, 1.807) is 0 Å². The Kier molecular flexibility index (Phi) is 28.6. The second-order valence-electron chi connectivity index (χ2n) is 8.24. The van der Waals surface area contributed by atoms with Crippen LogP contribution in [0.15, 0.2) is 0 Å². The SMILES string of the molecule is CCCCCCCCCCCCCCCCCC(=O)OCC(O)CO.OCC(O)CO. The Bertz CT molecular complexity index is 349. The second-order valence-corrected chi connectivity index (χ2v) is 8.24. The van der Waals surface area contributed by atoms with E-state index in [1.807, 2.05) is 0 Å². The second kappa shape index (κ2) is 27.3. The van der Waals surface area contributed by atoms with E-state index in [9.17, 15) is 4.79 Å². The van der Waals surface area contributed by atoms with Crippen molar-refractivity contribution in [1.29, 1.82) is 0 Å². The largest absolute Gasteiger partial charge is 0.463 e. The zero-order valence-electron chi connectivity index (χ0n) is 19.8. The van der Waals surface area contributed by atoms with Crippen LogP contribution in [0.25, 0.3) is 0 Å². The molecule has 188 valence electrons. The number of aliphatic hydroxyl groups excluding tert-OH is 5. The molecule has 0 aromatic heterocycles. The Hall–Kier alpha value is -0.730. The molecule has 0 spiro atoms. The Morgan fingerprint density at radius 3 is 1.29 bits per heavy atom. The van der Waals surface area contributed by atoms with Gasteiger partial charge in [0, 0.05) is 6.42 Å². The normalized spacial score (nSPS) is 11.8. The zero-order chi connectivity index (χ0) is 23.6. The molecule has 1 unspecified atom stereocenters. The van der Waals surface area contributed by atoms with Crippen LogP contribution < -0.4 is 0 Å². The van der Waals surface area contributed by atoms with Crippen LogP contribution in [0, 0.1) is 0 Å². The first-order valence-electron chi connectivity index (χ1n) is 12.4. The van der Waals surface area contributed by atoms with Crippen LogP contribution in [-0.4, -0.2) is 70.1 Å². The molecule has 0 radical (unpaired) electrons. The fourth-order valence-electron chi connectivity index (χ4n) is 3.01. The highest BCUT2D eigenvalue weighted by atomic mass is 16.5. The Morgan fingerprint density at radius 2 is 0.968 bits per heavy atom. The zero-order valence-corrected chi connectivity index (χ0v) is 19.8. The monoisotopic (exact) mass is 450 g/mol. The molecule has 5 N–H and O–H groups in total. The van der Waals surface area contributed by atoms with E-state index in [4.69, 9.17) is 30.3 Å². The molecule has 0 aromatic rings. The highest BCUT2D eigenvalue weighted by Gasteiger charge is 2.07. The Balaban J connectivity index is 0. The van der Waals surface area contributed by atoms with Crippen molar-refractivity contribution in [3.63, 3.8) is 0 Å². The van der Waals surface area contributed by atoms with E-state index in [-0.39, 0.29) is 32.4 Å². The van der Waals surface area contributed by atoms with Crippen molar-refractivity contribution in [3.05, 3.63) is 0 Å². The quantitative estimate of drug-likeness (QED) is 0.134. The lowest BCUT2D eigenvalue weighted by molar-refractivity contribution is -0.147. The number of unbranched alkanes of at least 4 members (excludes halogenated alkanes) is 14. The van der Waals surface area contributed by atoms with Crippen LogP contribution >= 0.6 is 0 Å². The minimum atomic E-state index is -0.954. The molecular weight excluding hydrogens is 400 g/mol. The van der Waals surface area contributed by atoms with Crippen LogP contribution in [0.4, 0.5) is 0 Å². The summed E-state index contributed by atoms with van der Waals surface area (Å²) in [5.74, 6) is -0.276. The highest BCUT2D eigenvalue weighted by molar-refractivity contribution is 5.69. The van der Waals surface area contributed by atoms with E-state index < -0.39 is 12.2 Å². The molecule has 0 fully saturated rings. The molecule has 0 amide bonds. The first-order valence-corrected chi connectivity index (χ1v) is 12.4. The smallest absolute Gasteiger partial charge is 0.305 e. The van der Waals surface area contributed by atoms with Crippen molar-refractivity contribution in [2.45, 2.75) is 122 Å². The van der Waals surface area contributed by atoms with Gasteiger partial charge in [0.15, 0.2) is 0 Å². The van der Waals surface area contributed by atoms with Gasteiger partial charge < -0.3 is 30.3 Å². The molecule has 0 aromatic carbocycles. The molecule has 1 atom stereocenters. The molecule has 0 bridgehead atoms. The summed E-state index contributed by atoms with van der Waals surface area (Å²) < 4.78 is 4.86. The fraction of sp³-hybridized carbons (Fsp3) is 0.958. The summed E-state index contributed by atoms with van der Waals surface area (Å²) in [6, 6.07) is 0. The number of aliphatic hydroxyl groups is 5. The van der Waals surface area contributed by atoms with Crippen molar-refractivity contribution in [2.75, 3.05) is 26.4 Å². The fourth-order valence-corrected chi connectivity index (χ4v) is 3.01. The van der Waals surface area contributed by atoms with E-state index >= 15 is 0 Å². The topological polar surface area (TPSA) is 127 Å². The average molecular weight is 451 g/mol. The molecule has 0 heterocycles. The summed E-state index contributed by atoms with van der Waals surface area (Å²) in [6.07, 6.45) is 18.1. The summed E-state index contributed by atoms with van der Waals surface area (Å²) in [7, 11) is 0. The minimum Gasteiger partial charge on any atom is -0.463 e. The molecule has 0 aliphatic rings. The van der Waals surface area contributed by atoms with Crippen molar-refractivity contribution < 1.29 is 35.1 Å². The van der Waals surface area contributed by atoms with Crippen LogP contribution in [0.3, 0.4) is 0 Å². The number of rotatable bonds is 21. The number of hydrogen-bond acceptors (Lipinski definition) is 7. The van der Waals surface area contributed by atoms with Gasteiger partial charge in [-0.05, 0) is 6.42 Å². The van der Waals surface area contributed by atoms with Gasteiger partial charge in [-0.15, -0.1) is 0 Å². The maximum absolute atomic E-state index is 11.4. The molecule has 31 heavy (non-hydrogen) atoms. The van der Waals surface area contributed by atoms with Gasteiger partial charge in [0.25, 0.3) is 0 Å². The van der Waals surface area contributed by atoms with Gasteiger partial charge in [-0.1, -0.05) is 96.8 Å². The first-order chi connectivity index (χ1) is 15.0. The van der Waals surface area contributed by atoms with Crippen LogP contribution in [0.5, 0.6) is 0 Å². The number of esters is 1. The maximum atomic E-state index is 11.4. The Morgan fingerprint density at radius 1 is 0.613 bits per heavy atom. The van der Waals surface area contributed by atoms with E-state index in [2.05, 4.69) is 6.92 Å². The lowest BCUT2D eigenvalue weighted by Crippen LogP contribution is -2.21. The molecular formula is C24H50O7. The summed E-state index contributed by atoms with van der Waals surface area (Å²) >= 11 is 0. The molecule has 7 nitrogen and oxygen atoms in total. The summed E-state index contributed by atoms with van der Waals surface area (Å²) in [4.78, 5) is 11.4. The third kappa shape index (κ3) is 29.3. The third-order valence-corrected chi connectivity index (χ3v) is 5.05. The summed E-state index contributed by atoms with van der Waals surface area (Å²) in [5.41, 5.74) is 0. The highest BCUT2D eigenvalue weighted by Crippen LogP contribution is 2.13. The van der Waals surface area contributed by atoms with Gasteiger partial charge >= 0.3 is 5.97 Å². The predicted molar refractivity (Wildman–Crippen MR) is 124 cm³/mol. The van der Waals surface area contributed by atoms with Crippen LogP contribution in [0.2, 0.25) is 0 Å². The van der Waals surface area contributed by atoms with Gasteiger partial charge in [-0.3, -0.25) is 4.79 Å². The van der Waals surface area contributed by atoms with E-state index in [1.165, 1.54) is 83.5 Å². The lowest BCUT2D eigenvalue weighted by Gasteiger charge is -2.08. The molecule has 7 heteroatoms.